The Hall–Kier alpha value is -1.64. The summed E-state index contributed by atoms with van der Waals surface area (Å²) >= 11 is 0. The summed E-state index contributed by atoms with van der Waals surface area (Å²) < 4.78 is 5.49. The molecule has 3 nitrogen and oxygen atoms in total. The summed E-state index contributed by atoms with van der Waals surface area (Å²) in [7, 11) is 0. The number of fused-ring (bicyclic) bond motifs is 5. The molecule has 4 saturated carbocycles. The van der Waals surface area contributed by atoms with Gasteiger partial charge >= 0.3 is 5.97 Å². The van der Waals surface area contributed by atoms with Crippen LogP contribution in [0, 0.1) is 52.3 Å². The average molecular weight is 493 g/mol. The molecule has 3 heteroatoms. The van der Waals surface area contributed by atoms with E-state index in [-0.39, 0.29) is 11.4 Å². The Morgan fingerprint density at radius 1 is 1.03 bits per heavy atom. The molecule has 1 aromatic rings. The van der Waals surface area contributed by atoms with E-state index in [4.69, 9.17) is 4.74 Å². The Balaban J connectivity index is 1.17. The largest absolute Gasteiger partial charge is 0.461 e. The van der Waals surface area contributed by atoms with Crippen LogP contribution < -0.4 is 0 Å². The fourth-order valence-corrected chi connectivity index (χ4v) is 9.70. The molecule has 0 amide bonds. The highest BCUT2D eigenvalue weighted by molar-refractivity contribution is 5.83. The molecule has 4 aliphatic rings. The van der Waals surface area contributed by atoms with Gasteiger partial charge in [-0.1, -0.05) is 64.4 Å². The van der Waals surface area contributed by atoms with Gasteiger partial charge in [0.1, 0.15) is 12.4 Å². The van der Waals surface area contributed by atoms with Crippen molar-refractivity contribution >= 4 is 11.8 Å². The molecule has 198 valence electrons. The van der Waals surface area contributed by atoms with Crippen LogP contribution in [-0.4, -0.2) is 11.8 Å². The van der Waals surface area contributed by atoms with Gasteiger partial charge in [0.25, 0.3) is 0 Å². The molecule has 0 heterocycles. The molecule has 0 N–H and O–H groups in total. The van der Waals surface area contributed by atoms with Crippen molar-refractivity contribution in [1.82, 2.24) is 0 Å². The standard InChI is InChI=1S/C33H48O3/c1-22-15-17-32(3)25(19-22)20-29(34)31-27-14-13-26(33(27,4)18-16-28(31)32)23(2)9-8-12-30(35)36-21-24-10-6-5-7-11-24/h5-7,10-11,22-23,25-28,31H,8-9,12-21H2,1-4H3/t22-,23-,25+,26-,27+,28+,31+,32+,33-/m1/s1. The molecule has 0 radical (unpaired) electrons. The molecular formula is C33H48O3. The van der Waals surface area contributed by atoms with Crippen molar-refractivity contribution in [2.45, 2.75) is 105 Å². The molecular weight excluding hydrogens is 444 g/mol. The van der Waals surface area contributed by atoms with E-state index >= 15 is 0 Å². The molecule has 0 aliphatic heterocycles. The van der Waals surface area contributed by atoms with Crippen LogP contribution in [0.4, 0.5) is 0 Å². The molecule has 0 aromatic heterocycles. The van der Waals surface area contributed by atoms with Crippen LogP contribution in [0.25, 0.3) is 0 Å². The minimum absolute atomic E-state index is 0.0838. The SMILES string of the molecule is C[C@@H]1CC[C@@]2(C)[C@H](CC(=O)[C@@H]3[C@@H]2CC[C@]2(C)[C@@H]([C@H](C)CCCC(=O)OCc4ccccc4)CC[C@@H]32)C1. The highest BCUT2D eigenvalue weighted by Crippen LogP contribution is 2.67. The Labute approximate surface area is 219 Å². The maximum Gasteiger partial charge on any atom is 0.306 e. The molecule has 36 heavy (non-hydrogen) atoms. The summed E-state index contributed by atoms with van der Waals surface area (Å²) in [5.41, 5.74) is 1.71. The summed E-state index contributed by atoms with van der Waals surface area (Å²) in [6.45, 7) is 10.2. The van der Waals surface area contributed by atoms with Crippen LogP contribution in [0.2, 0.25) is 0 Å². The van der Waals surface area contributed by atoms with E-state index in [2.05, 4.69) is 27.7 Å². The number of Topliss-reactive ketones (excluding diaryl/α,β-unsaturated/α-hetero) is 1. The van der Waals surface area contributed by atoms with Gasteiger partial charge in [-0.05, 0) is 103 Å². The first-order chi connectivity index (χ1) is 17.2. The van der Waals surface area contributed by atoms with Crippen LogP contribution in [0.1, 0.15) is 104 Å². The van der Waals surface area contributed by atoms with Gasteiger partial charge in [0.15, 0.2) is 0 Å². The molecule has 0 unspecified atom stereocenters. The lowest BCUT2D eigenvalue weighted by Crippen LogP contribution is -2.57. The topological polar surface area (TPSA) is 43.4 Å². The third kappa shape index (κ3) is 4.69. The second-order valence-corrected chi connectivity index (χ2v) is 13.7. The lowest BCUT2D eigenvalue weighted by Gasteiger charge is -2.60. The monoisotopic (exact) mass is 492 g/mol. The fourth-order valence-electron chi connectivity index (χ4n) is 9.70. The number of esters is 1. The molecule has 0 spiro atoms. The first-order valence-electron chi connectivity index (χ1n) is 14.9. The molecule has 4 fully saturated rings. The smallest absolute Gasteiger partial charge is 0.306 e. The predicted molar refractivity (Wildman–Crippen MR) is 144 cm³/mol. The van der Waals surface area contributed by atoms with Gasteiger partial charge in [0.05, 0.1) is 0 Å². The van der Waals surface area contributed by atoms with Crippen LogP contribution in [0.5, 0.6) is 0 Å². The Kier molecular flexibility index (Phi) is 7.40. The highest BCUT2D eigenvalue weighted by atomic mass is 16.5. The number of ketones is 1. The number of hydrogen-bond donors (Lipinski definition) is 0. The van der Waals surface area contributed by atoms with E-state index in [1.807, 2.05) is 30.3 Å². The van der Waals surface area contributed by atoms with E-state index in [1.165, 1.54) is 44.9 Å². The van der Waals surface area contributed by atoms with Gasteiger partial charge < -0.3 is 4.74 Å². The summed E-state index contributed by atoms with van der Waals surface area (Å²) in [5.74, 6) is 4.70. The third-order valence-corrected chi connectivity index (χ3v) is 11.8. The minimum Gasteiger partial charge on any atom is -0.461 e. The summed E-state index contributed by atoms with van der Waals surface area (Å²) in [5, 5.41) is 0. The van der Waals surface area contributed by atoms with Gasteiger partial charge in [-0.15, -0.1) is 0 Å². The minimum atomic E-state index is -0.0838. The molecule has 0 saturated heterocycles. The number of rotatable bonds is 7. The predicted octanol–water partition coefficient (Wildman–Crippen LogP) is 8.01. The number of benzene rings is 1. The number of hydrogen-bond acceptors (Lipinski definition) is 3. The third-order valence-electron chi connectivity index (χ3n) is 11.8. The summed E-state index contributed by atoms with van der Waals surface area (Å²) in [4.78, 5) is 26.0. The second kappa shape index (κ2) is 10.3. The van der Waals surface area contributed by atoms with Crippen molar-refractivity contribution in [3.8, 4) is 0 Å². The summed E-state index contributed by atoms with van der Waals surface area (Å²) in [6, 6.07) is 9.91. The molecule has 9 atom stereocenters. The Bertz CT molecular complexity index is 940. The van der Waals surface area contributed by atoms with Gasteiger partial charge in [-0.25, -0.2) is 0 Å². The van der Waals surface area contributed by atoms with Gasteiger partial charge in [0, 0.05) is 18.8 Å². The average Bonchev–Trinajstić information content (AvgIpc) is 3.21. The van der Waals surface area contributed by atoms with E-state index < -0.39 is 0 Å². The zero-order valence-electron chi connectivity index (χ0n) is 23.1. The highest BCUT2D eigenvalue weighted by Gasteiger charge is 2.62. The first-order valence-corrected chi connectivity index (χ1v) is 14.9. The molecule has 4 aliphatic carbocycles. The zero-order valence-corrected chi connectivity index (χ0v) is 23.1. The quantitative estimate of drug-likeness (QED) is 0.362. The Morgan fingerprint density at radius 2 is 1.75 bits per heavy atom. The lowest BCUT2D eigenvalue weighted by molar-refractivity contribution is -0.158. The second-order valence-electron chi connectivity index (χ2n) is 13.7. The van der Waals surface area contributed by atoms with Crippen molar-refractivity contribution < 1.29 is 14.3 Å². The van der Waals surface area contributed by atoms with E-state index in [0.29, 0.717) is 59.7 Å². The van der Waals surface area contributed by atoms with E-state index in [9.17, 15) is 9.59 Å². The Morgan fingerprint density at radius 3 is 2.53 bits per heavy atom. The van der Waals surface area contributed by atoms with Gasteiger partial charge in [0.2, 0.25) is 0 Å². The number of ether oxygens (including phenoxy) is 1. The van der Waals surface area contributed by atoms with Crippen LogP contribution in [-0.2, 0) is 20.9 Å². The maximum atomic E-state index is 13.7. The van der Waals surface area contributed by atoms with Crippen molar-refractivity contribution in [1.29, 1.82) is 0 Å². The van der Waals surface area contributed by atoms with Crippen molar-refractivity contribution in [3.63, 3.8) is 0 Å². The van der Waals surface area contributed by atoms with E-state index in [0.717, 1.165) is 30.7 Å². The zero-order chi connectivity index (χ0) is 25.5. The lowest BCUT2D eigenvalue weighted by atomic mass is 9.43. The normalized spacial score (nSPS) is 40.6. The van der Waals surface area contributed by atoms with Crippen molar-refractivity contribution in [2.75, 3.05) is 0 Å². The molecule has 1 aromatic carbocycles. The first kappa shape index (κ1) is 26.0. The van der Waals surface area contributed by atoms with E-state index in [1.54, 1.807) is 0 Å². The summed E-state index contributed by atoms with van der Waals surface area (Å²) in [6.07, 6.45) is 12.3. The number of carbonyl (C=O) groups excluding carboxylic acids is 2. The molecule has 5 rings (SSSR count). The van der Waals surface area contributed by atoms with Crippen molar-refractivity contribution in [2.24, 2.45) is 52.3 Å². The van der Waals surface area contributed by atoms with Crippen LogP contribution >= 0.6 is 0 Å². The van der Waals surface area contributed by atoms with Crippen LogP contribution in [0.15, 0.2) is 30.3 Å². The van der Waals surface area contributed by atoms with Gasteiger partial charge in [-0.2, -0.15) is 0 Å². The number of carbonyl (C=O) groups is 2. The molecule has 0 bridgehead atoms. The van der Waals surface area contributed by atoms with Gasteiger partial charge in [-0.3, -0.25) is 9.59 Å². The maximum absolute atomic E-state index is 13.7. The van der Waals surface area contributed by atoms with Crippen LogP contribution in [0.3, 0.4) is 0 Å². The van der Waals surface area contributed by atoms with Crippen molar-refractivity contribution in [3.05, 3.63) is 35.9 Å². The fraction of sp³-hybridized carbons (Fsp3) is 0.758.